The summed E-state index contributed by atoms with van der Waals surface area (Å²) in [7, 11) is 1.42. The summed E-state index contributed by atoms with van der Waals surface area (Å²) in [6, 6.07) is 0. The van der Waals surface area contributed by atoms with E-state index in [2.05, 4.69) is 184 Å². The summed E-state index contributed by atoms with van der Waals surface area (Å²) >= 11 is 0. The Kier molecular flexibility index (Phi) is 55.6. The largest absolute Gasteiger partial charge is 0.472 e. The molecule has 0 aromatic rings. The van der Waals surface area contributed by atoms with Crippen molar-refractivity contribution in [2.45, 2.75) is 213 Å². The summed E-state index contributed by atoms with van der Waals surface area (Å²) in [5, 5.41) is 0. The van der Waals surface area contributed by atoms with Gasteiger partial charge in [-0.05, 0) is 128 Å². The van der Waals surface area contributed by atoms with E-state index in [1.165, 1.54) is 38.5 Å². The molecule has 0 saturated heterocycles. The molecule has 0 aliphatic heterocycles. The van der Waals surface area contributed by atoms with E-state index in [1.807, 2.05) is 21.1 Å². The van der Waals surface area contributed by atoms with Gasteiger partial charge in [-0.3, -0.25) is 18.6 Å². The Labute approximate surface area is 489 Å². The molecule has 0 radical (unpaired) electrons. The van der Waals surface area contributed by atoms with Gasteiger partial charge < -0.3 is 18.9 Å². The van der Waals surface area contributed by atoms with Crippen molar-refractivity contribution in [1.29, 1.82) is 0 Å². The number of nitrogens with zero attached hydrogens (tertiary/aromatic N) is 1. The van der Waals surface area contributed by atoms with Gasteiger partial charge in [0.25, 0.3) is 0 Å². The van der Waals surface area contributed by atoms with Crippen LogP contribution in [0.2, 0.25) is 0 Å². The topological polar surface area (TPSA) is 108 Å². The minimum absolute atomic E-state index is 0.0138. The highest BCUT2D eigenvalue weighted by molar-refractivity contribution is 7.47. The molecule has 2 atom stereocenters. The Balaban J connectivity index is 4.23. The molecule has 2 unspecified atom stereocenters. The molecule has 0 bridgehead atoms. The zero-order chi connectivity index (χ0) is 58.4. The van der Waals surface area contributed by atoms with Crippen LogP contribution in [-0.4, -0.2) is 74.9 Å². The maximum Gasteiger partial charge on any atom is 0.472 e. The molecule has 0 rings (SSSR count). The van der Waals surface area contributed by atoms with Gasteiger partial charge in [0.2, 0.25) is 0 Å². The van der Waals surface area contributed by atoms with E-state index in [9.17, 15) is 19.0 Å². The first kappa shape index (κ1) is 75.4. The predicted octanol–water partition coefficient (Wildman–Crippen LogP) is 19.8. The molecule has 0 fully saturated rings. The van der Waals surface area contributed by atoms with Crippen LogP contribution in [0.5, 0.6) is 0 Å². The normalized spacial score (nSPS) is 14.4. The number of allylic oxidation sites excluding steroid dienone is 28. The highest BCUT2D eigenvalue weighted by Crippen LogP contribution is 2.43. The van der Waals surface area contributed by atoms with E-state index in [0.717, 1.165) is 128 Å². The third kappa shape index (κ3) is 62.6. The second kappa shape index (κ2) is 59.0. The monoisotopic (exact) mass is 1130 g/mol. The van der Waals surface area contributed by atoms with Crippen molar-refractivity contribution in [2.75, 3.05) is 47.5 Å². The molecule has 0 amide bonds. The smallest absolute Gasteiger partial charge is 0.462 e. The van der Waals surface area contributed by atoms with Gasteiger partial charge in [0, 0.05) is 12.8 Å². The number of ether oxygens (including phenoxy) is 2. The Morgan fingerprint density at radius 3 is 1.02 bits per heavy atom. The number of likely N-dealkylation sites (N-methyl/N-ethyl adjacent to an activating group) is 1. The van der Waals surface area contributed by atoms with E-state index in [0.29, 0.717) is 23.9 Å². The fourth-order valence-electron chi connectivity index (χ4n) is 7.56. The molecular formula is C70H113NO8P+. The molecule has 0 aromatic heterocycles. The highest BCUT2D eigenvalue weighted by atomic mass is 31.2. The van der Waals surface area contributed by atoms with E-state index >= 15 is 0 Å². The number of hydrogen-bond donors (Lipinski definition) is 1. The molecule has 0 spiro atoms. The minimum Gasteiger partial charge on any atom is -0.462 e. The Bertz CT molecular complexity index is 1950. The summed E-state index contributed by atoms with van der Waals surface area (Å²) in [5.74, 6) is -0.867. The molecular weight excluding hydrogens is 1010 g/mol. The lowest BCUT2D eigenvalue weighted by Crippen LogP contribution is -2.37. The first-order chi connectivity index (χ1) is 39.0. The molecule has 0 aromatic carbocycles. The maximum atomic E-state index is 12.8. The minimum atomic E-state index is -4.41. The summed E-state index contributed by atoms with van der Waals surface area (Å²) in [4.78, 5) is 35.7. The van der Waals surface area contributed by atoms with Crippen molar-refractivity contribution < 1.29 is 42.1 Å². The summed E-state index contributed by atoms with van der Waals surface area (Å²) < 4.78 is 34.5. The maximum absolute atomic E-state index is 12.8. The second-order valence-corrected chi connectivity index (χ2v) is 22.4. The lowest BCUT2D eigenvalue weighted by Gasteiger charge is -2.24. The molecule has 450 valence electrons. The SMILES string of the molecule is CC/C=C\C/C=C\C/C=C\C/C=C\C/C=C\C/C=C\C/C=C\C/C=C\CCCCCCCCCCCCC(=O)OC(COC(=O)CCCC/C=C\C/C=C\C/C=C\C/C=C\C/C=C\C/C=C\CC)COP(=O)(O)OCC[N+](C)(C)C. The molecule has 10 heteroatoms. The van der Waals surface area contributed by atoms with E-state index < -0.39 is 32.5 Å². The van der Waals surface area contributed by atoms with Crippen LogP contribution in [0, 0.1) is 0 Å². The van der Waals surface area contributed by atoms with Crippen LogP contribution in [0.1, 0.15) is 206 Å². The van der Waals surface area contributed by atoms with Crippen LogP contribution in [0.3, 0.4) is 0 Å². The molecule has 0 saturated carbocycles. The van der Waals surface area contributed by atoms with Gasteiger partial charge in [-0.1, -0.05) is 235 Å². The average molecular weight is 1130 g/mol. The van der Waals surface area contributed by atoms with Crippen LogP contribution in [0.25, 0.3) is 0 Å². The van der Waals surface area contributed by atoms with Crippen LogP contribution >= 0.6 is 7.82 Å². The predicted molar refractivity (Wildman–Crippen MR) is 343 cm³/mol. The van der Waals surface area contributed by atoms with Crippen LogP contribution < -0.4 is 0 Å². The zero-order valence-corrected chi connectivity index (χ0v) is 51.9. The van der Waals surface area contributed by atoms with Crippen molar-refractivity contribution in [3.05, 3.63) is 170 Å². The van der Waals surface area contributed by atoms with E-state index in [4.69, 9.17) is 18.5 Å². The number of phosphoric acid groups is 1. The quantitative estimate of drug-likeness (QED) is 0.0211. The number of carbonyl (C=O) groups is 2. The summed E-state index contributed by atoms with van der Waals surface area (Å²) in [6.45, 7) is 4.12. The standard InChI is InChI=1S/C70H112NO8P/c1-6-8-10-12-14-16-18-20-22-24-26-28-29-30-31-32-33-34-35-36-37-38-39-40-41-43-45-47-49-51-53-55-57-59-61-63-70(73)79-68(67-78-80(74,75)77-65-64-71(3,4)5)66-76-69(72)62-60-58-56-54-52-50-48-46-44-42-27-25-23-21-19-17-15-13-11-9-7-2/h8-11,14-17,20-23,26-28,30-31,33-34,36-37,39-40,42,46,48,52,54,68H,6-7,12-13,18-19,24-25,29,32,35,38,41,43-45,47,49-51,53,55-67H2,1-5H3/p+1/b10-8-,11-9-,16-14-,17-15-,22-20-,23-21-,28-26-,31-30-,34-33-,37-36-,40-39-,42-27-,48-46-,54-52-. The molecule has 80 heavy (non-hydrogen) atoms. The highest BCUT2D eigenvalue weighted by Gasteiger charge is 2.27. The molecule has 1 N–H and O–H groups in total. The third-order valence-electron chi connectivity index (χ3n) is 12.2. The van der Waals surface area contributed by atoms with E-state index in [1.54, 1.807) is 0 Å². The number of unbranched alkanes of at least 4 members (excludes halogenated alkanes) is 12. The van der Waals surface area contributed by atoms with E-state index in [-0.39, 0.29) is 26.1 Å². The van der Waals surface area contributed by atoms with Gasteiger partial charge in [-0.2, -0.15) is 0 Å². The number of quaternary nitrogens is 1. The fraction of sp³-hybridized carbons (Fsp3) is 0.571. The van der Waals surface area contributed by atoms with Gasteiger partial charge in [0.15, 0.2) is 6.10 Å². The lowest BCUT2D eigenvalue weighted by molar-refractivity contribution is -0.870. The average Bonchev–Trinajstić information content (AvgIpc) is 3.42. The van der Waals surface area contributed by atoms with Crippen molar-refractivity contribution in [2.24, 2.45) is 0 Å². The molecule has 9 nitrogen and oxygen atoms in total. The summed E-state index contributed by atoms with van der Waals surface area (Å²) in [5.41, 5.74) is 0. The number of hydrogen-bond acceptors (Lipinski definition) is 7. The lowest BCUT2D eigenvalue weighted by atomic mass is 10.0. The summed E-state index contributed by atoms with van der Waals surface area (Å²) in [6.07, 6.45) is 90.0. The Morgan fingerprint density at radius 2 is 0.675 bits per heavy atom. The number of esters is 2. The van der Waals surface area contributed by atoms with Crippen molar-refractivity contribution in [3.63, 3.8) is 0 Å². The van der Waals surface area contributed by atoms with Gasteiger partial charge >= 0.3 is 19.8 Å². The first-order valence-electron chi connectivity index (χ1n) is 30.9. The zero-order valence-electron chi connectivity index (χ0n) is 51.0. The van der Waals surface area contributed by atoms with Crippen LogP contribution in [0.4, 0.5) is 0 Å². The third-order valence-corrected chi connectivity index (χ3v) is 13.2. The Hall–Kier alpha value is -4.63. The van der Waals surface area contributed by atoms with Gasteiger partial charge in [-0.15, -0.1) is 0 Å². The number of phosphoric ester groups is 1. The van der Waals surface area contributed by atoms with Crippen molar-refractivity contribution in [1.82, 2.24) is 0 Å². The number of rotatable bonds is 54. The van der Waals surface area contributed by atoms with Gasteiger partial charge in [0.1, 0.15) is 19.8 Å². The van der Waals surface area contributed by atoms with Crippen LogP contribution in [0.15, 0.2) is 170 Å². The van der Waals surface area contributed by atoms with Gasteiger partial charge in [0.05, 0.1) is 27.7 Å². The first-order valence-corrected chi connectivity index (χ1v) is 32.4. The number of carbonyl (C=O) groups excluding carboxylic acids is 2. The molecule has 0 heterocycles. The fourth-order valence-corrected chi connectivity index (χ4v) is 8.30. The second-order valence-electron chi connectivity index (χ2n) is 21.0. The Morgan fingerprint density at radius 1 is 0.388 bits per heavy atom. The van der Waals surface area contributed by atoms with Crippen LogP contribution in [-0.2, 0) is 32.7 Å². The van der Waals surface area contributed by atoms with Crippen molar-refractivity contribution >= 4 is 19.8 Å². The van der Waals surface area contributed by atoms with Crippen molar-refractivity contribution in [3.8, 4) is 0 Å². The molecule has 0 aliphatic rings. The van der Waals surface area contributed by atoms with Gasteiger partial charge in [-0.25, -0.2) is 4.57 Å². The molecule has 0 aliphatic carbocycles.